The maximum Gasteiger partial charge on any atom is 0.325 e. The van der Waals surface area contributed by atoms with E-state index in [1.807, 2.05) is 6.92 Å². The van der Waals surface area contributed by atoms with Crippen LogP contribution in [0.2, 0.25) is 0 Å². The number of methoxy groups -OCH3 is 1. The standard InChI is InChI=1S/C6H13NO2.2ClH/c1-4-6(2,7)5(8)9-3;;/h4,7H2,1-3H3;2*1H. The summed E-state index contributed by atoms with van der Waals surface area (Å²) in [6, 6.07) is 0. The quantitative estimate of drug-likeness (QED) is 0.686. The second-order valence-corrected chi connectivity index (χ2v) is 2.26. The summed E-state index contributed by atoms with van der Waals surface area (Å²) in [4.78, 5) is 10.7. The largest absolute Gasteiger partial charge is 0.468 e. The smallest absolute Gasteiger partial charge is 0.325 e. The van der Waals surface area contributed by atoms with E-state index in [1.54, 1.807) is 6.92 Å². The number of esters is 1. The minimum absolute atomic E-state index is 0. The van der Waals surface area contributed by atoms with Crippen molar-refractivity contribution in [2.24, 2.45) is 5.73 Å². The van der Waals surface area contributed by atoms with Crippen LogP contribution in [0.4, 0.5) is 0 Å². The van der Waals surface area contributed by atoms with Crippen molar-refractivity contribution in [3.05, 3.63) is 0 Å². The Morgan fingerprint density at radius 2 is 1.91 bits per heavy atom. The van der Waals surface area contributed by atoms with E-state index < -0.39 is 5.54 Å². The molecule has 0 heterocycles. The molecule has 0 radical (unpaired) electrons. The molecule has 0 aliphatic heterocycles. The van der Waals surface area contributed by atoms with Crippen LogP contribution >= 0.6 is 24.8 Å². The Hall–Kier alpha value is 0.01000. The number of hydrogen-bond donors (Lipinski definition) is 1. The van der Waals surface area contributed by atoms with Gasteiger partial charge in [-0.3, -0.25) is 4.79 Å². The predicted octanol–water partition coefficient (Wildman–Crippen LogP) is 1.13. The van der Waals surface area contributed by atoms with Gasteiger partial charge in [0.2, 0.25) is 0 Å². The molecule has 0 spiro atoms. The second kappa shape index (κ2) is 6.70. The fourth-order valence-corrected chi connectivity index (χ4v) is 0.377. The van der Waals surface area contributed by atoms with Gasteiger partial charge in [-0.1, -0.05) is 6.92 Å². The van der Waals surface area contributed by atoms with Crippen molar-refractivity contribution in [2.45, 2.75) is 25.8 Å². The molecule has 0 aliphatic rings. The molecule has 0 aromatic rings. The van der Waals surface area contributed by atoms with Crippen LogP contribution in [-0.4, -0.2) is 18.6 Å². The van der Waals surface area contributed by atoms with Gasteiger partial charge in [-0.25, -0.2) is 0 Å². The van der Waals surface area contributed by atoms with Crippen molar-refractivity contribution in [1.82, 2.24) is 0 Å². The number of nitrogens with two attached hydrogens (primary N) is 1. The van der Waals surface area contributed by atoms with Gasteiger partial charge >= 0.3 is 5.97 Å². The summed E-state index contributed by atoms with van der Waals surface area (Å²) in [7, 11) is 1.34. The van der Waals surface area contributed by atoms with E-state index in [0.717, 1.165) is 0 Å². The van der Waals surface area contributed by atoms with Gasteiger partial charge in [-0.2, -0.15) is 0 Å². The van der Waals surface area contributed by atoms with Crippen LogP contribution in [0.15, 0.2) is 0 Å². The zero-order valence-electron chi connectivity index (χ0n) is 6.92. The minimum atomic E-state index is -0.811. The molecule has 0 aromatic heterocycles. The van der Waals surface area contributed by atoms with Crippen molar-refractivity contribution in [1.29, 1.82) is 0 Å². The number of hydrogen-bond acceptors (Lipinski definition) is 3. The molecule has 0 saturated carbocycles. The molecule has 70 valence electrons. The van der Waals surface area contributed by atoms with Gasteiger partial charge in [0.1, 0.15) is 5.54 Å². The number of halogens is 2. The monoisotopic (exact) mass is 203 g/mol. The Kier molecular flexibility index (Phi) is 10.5. The average molecular weight is 204 g/mol. The third-order valence-corrected chi connectivity index (χ3v) is 1.39. The van der Waals surface area contributed by atoms with Crippen molar-refractivity contribution < 1.29 is 9.53 Å². The predicted molar refractivity (Wildman–Crippen MR) is 49.4 cm³/mol. The summed E-state index contributed by atoms with van der Waals surface area (Å²) in [6.45, 7) is 3.50. The highest BCUT2D eigenvalue weighted by molar-refractivity contribution is 5.85. The lowest BCUT2D eigenvalue weighted by Gasteiger charge is -2.18. The first-order valence-electron chi connectivity index (χ1n) is 2.92. The van der Waals surface area contributed by atoms with Crippen LogP contribution in [0.1, 0.15) is 20.3 Å². The summed E-state index contributed by atoms with van der Waals surface area (Å²) in [5.41, 5.74) is 4.68. The number of carbonyl (C=O) groups excluding carboxylic acids is 1. The molecule has 11 heavy (non-hydrogen) atoms. The zero-order valence-corrected chi connectivity index (χ0v) is 8.55. The molecule has 0 aromatic carbocycles. The van der Waals surface area contributed by atoms with Gasteiger partial charge in [0, 0.05) is 0 Å². The zero-order chi connectivity index (χ0) is 7.49. The van der Waals surface area contributed by atoms with Crippen LogP contribution in [0.3, 0.4) is 0 Å². The van der Waals surface area contributed by atoms with Crippen molar-refractivity contribution in [2.75, 3.05) is 7.11 Å². The summed E-state index contributed by atoms with van der Waals surface area (Å²) < 4.78 is 4.44. The number of ether oxygens (including phenoxy) is 1. The van der Waals surface area contributed by atoms with E-state index >= 15 is 0 Å². The Balaban J connectivity index is -0.000000320. The second-order valence-electron chi connectivity index (χ2n) is 2.26. The first-order chi connectivity index (χ1) is 4.04. The molecule has 0 amide bonds. The van der Waals surface area contributed by atoms with Gasteiger partial charge in [-0.15, -0.1) is 24.8 Å². The lowest BCUT2D eigenvalue weighted by atomic mass is 10.0. The van der Waals surface area contributed by atoms with Crippen LogP contribution in [0.25, 0.3) is 0 Å². The Labute approximate surface area is 79.5 Å². The Morgan fingerprint density at radius 1 is 1.55 bits per heavy atom. The highest BCUT2D eigenvalue weighted by atomic mass is 35.5. The van der Waals surface area contributed by atoms with Gasteiger partial charge in [0.25, 0.3) is 0 Å². The summed E-state index contributed by atoms with van der Waals surface area (Å²) in [5, 5.41) is 0. The van der Waals surface area contributed by atoms with Crippen LogP contribution in [0, 0.1) is 0 Å². The van der Waals surface area contributed by atoms with Gasteiger partial charge in [0.15, 0.2) is 0 Å². The molecular weight excluding hydrogens is 189 g/mol. The first-order valence-corrected chi connectivity index (χ1v) is 2.92. The molecule has 0 rings (SSSR count). The van der Waals surface area contributed by atoms with Gasteiger partial charge < -0.3 is 10.5 Å². The third kappa shape index (κ3) is 5.30. The van der Waals surface area contributed by atoms with Crippen LogP contribution in [-0.2, 0) is 9.53 Å². The maximum atomic E-state index is 10.7. The number of rotatable bonds is 2. The van der Waals surface area contributed by atoms with E-state index in [1.165, 1.54) is 7.11 Å². The Bertz CT molecular complexity index is 117. The van der Waals surface area contributed by atoms with E-state index in [0.29, 0.717) is 6.42 Å². The fourth-order valence-electron chi connectivity index (χ4n) is 0.377. The SMILES string of the molecule is CCC(C)(N)C(=O)OC.Cl.Cl. The molecule has 1 atom stereocenters. The van der Waals surface area contributed by atoms with Crippen LogP contribution < -0.4 is 5.73 Å². The maximum absolute atomic E-state index is 10.7. The van der Waals surface area contributed by atoms with E-state index in [9.17, 15) is 4.79 Å². The molecule has 1 unspecified atom stereocenters. The van der Waals surface area contributed by atoms with E-state index in [2.05, 4.69) is 4.74 Å². The molecule has 3 nitrogen and oxygen atoms in total. The molecular formula is C6H15Cl2NO2. The summed E-state index contributed by atoms with van der Waals surface area (Å²) in [5.74, 6) is -0.356. The molecule has 0 saturated heterocycles. The van der Waals surface area contributed by atoms with Crippen LogP contribution in [0.5, 0.6) is 0 Å². The highest BCUT2D eigenvalue weighted by Gasteiger charge is 2.26. The lowest BCUT2D eigenvalue weighted by molar-refractivity contribution is -0.146. The third-order valence-electron chi connectivity index (χ3n) is 1.39. The molecule has 2 N–H and O–H groups in total. The molecule has 5 heteroatoms. The molecule has 0 aliphatic carbocycles. The average Bonchev–Trinajstić information content (AvgIpc) is 1.86. The lowest BCUT2D eigenvalue weighted by Crippen LogP contribution is -2.44. The Morgan fingerprint density at radius 3 is 2.00 bits per heavy atom. The highest BCUT2D eigenvalue weighted by Crippen LogP contribution is 2.05. The number of carbonyl (C=O) groups is 1. The van der Waals surface area contributed by atoms with Crippen molar-refractivity contribution in [3.8, 4) is 0 Å². The topological polar surface area (TPSA) is 52.3 Å². The minimum Gasteiger partial charge on any atom is -0.468 e. The summed E-state index contributed by atoms with van der Waals surface area (Å²) in [6.07, 6.45) is 0.597. The van der Waals surface area contributed by atoms with Gasteiger partial charge in [-0.05, 0) is 13.3 Å². The summed E-state index contributed by atoms with van der Waals surface area (Å²) >= 11 is 0. The van der Waals surface area contributed by atoms with Crippen molar-refractivity contribution >= 4 is 30.8 Å². The molecule has 0 fully saturated rings. The van der Waals surface area contributed by atoms with E-state index in [4.69, 9.17) is 5.73 Å². The first kappa shape index (κ1) is 17.2. The normalized spacial score (nSPS) is 13.5. The van der Waals surface area contributed by atoms with Gasteiger partial charge in [0.05, 0.1) is 7.11 Å². The van der Waals surface area contributed by atoms with E-state index in [-0.39, 0.29) is 30.8 Å². The molecule has 0 bridgehead atoms. The fraction of sp³-hybridized carbons (Fsp3) is 0.833. The van der Waals surface area contributed by atoms with Crippen molar-refractivity contribution in [3.63, 3.8) is 0 Å².